The van der Waals surface area contributed by atoms with Gasteiger partial charge in [0.25, 0.3) is 0 Å². The number of nitrogens with zero attached hydrogens (tertiary/aromatic N) is 3. The second kappa shape index (κ2) is 7.58. The van der Waals surface area contributed by atoms with Gasteiger partial charge in [0, 0.05) is 19.1 Å². The van der Waals surface area contributed by atoms with Crippen molar-refractivity contribution in [3.8, 4) is 6.07 Å². The molecule has 1 aliphatic carbocycles. The fraction of sp³-hybridized carbons (Fsp3) is 0.941. The van der Waals surface area contributed by atoms with E-state index in [1.54, 1.807) is 0 Å². The van der Waals surface area contributed by atoms with Crippen molar-refractivity contribution in [2.75, 3.05) is 39.8 Å². The molecule has 2 aliphatic rings. The Hall–Kier alpha value is -0.630. The van der Waals surface area contributed by atoms with E-state index in [-0.39, 0.29) is 5.54 Å². The van der Waals surface area contributed by atoms with Crippen molar-refractivity contribution >= 4 is 0 Å². The lowest BCUT2D eigenvalue weighted by Gasteiger charge is -2.35. The van der Waals surface area contributed by atoms with E-state index in [9.17, 15) is 5.26 Å². The lowest BCUT2D eigenvalue weighted by atomic mass is 9.93. The molecule has 21 heavy (non-hydrogen) atoms. The van der Waals surface area contributed by atoms with Crippen molar-refractivity contribution in [2.24, 2.45) is 5.92 Å². The third-order valence-corrected chi connectivity index (χ3v) is 5.11. The van der Waals surface area contributed by atoms with Crippen LogP contribution in [0.15, 0.2) is 0 Å². The number of nitrogens with one attached hydrogen (secondary N) is 1. The van der Waals surface area contributed by atoms with E-state index in [0.29, 0.717) is 12.0 Å². The van der Waals surface area contributed by atoms with Gasteiger partial charge in [-0.3, -0.25) is 10.2 Å². The van der Waals surface area contributed by atoms with Crippen LogP contribution in [0.4, 0.5) is 0 Å². The SMILES string of the molecule is CCCNC(C#N)(CN(C)CC1CCCN1CC)C1CC1. The number of likely N-dealkylation sites (tertiary alicyclic amines) is 1. The molecule has 2 unspecified atom stereocenters. The van der Waals surface area contributed by atoms with Crippen LogP contribution in [0.1, 0.15) is 46.0 Å². The molecule has 0 aromatic carbocycles. The summed E-state index contributed by atoms with van der Waals surface area (Å²) in [6.45, 7) is 9.73. The summed E-state index contributed by atoms with van der Waals surface area (Å²) in [5.74, 6) is 0.558. The predicted molar refractivity (Wildman–Crippen MR) is 87.1 cm³/mol. The monoisotopic (exact) mass is 292 g/mol. The van der Waals surface area contributed by atoms with Crippen LogP contribution >= 0.6 is 0 Å². The van der Waals surface area contributed by atoms with Crippen LogP contribution in [-0.4, -0.2) is 61.2 Å². The molecule has 0 bridgehead atoms. The minimum Gasteiger partial charge on any atom is -0.302 e. The largest absolute Gasteiger partial charge is 0.302 e. The van der Waals surface area contributed by atoms with Gasteiger partial charge in [-0.15, -0.1) is 0 Å². The van der Waals surface area contributed by atoms with E-state index in [1.807, 2.05) is 0 Å². The molecule has 4 nitrogen and oxygen atoms in total. The first kappa shape index (κ1) is 16.7. The molecule has 1 saturated carbocycles. The second-order valence-corrected chi connectivity index (χ2v) is 6.91. The van der Waals surface area contributed by atoms with Crippen LogP contribution in [-0.2, 0) is 0 Å². The quantitative estimate of drug-likeness (QED) is 0.706. The smallest absolute Gasteiger partial charge is 0.122 e. The minimum absolute atomic E-state index is 0.319. The summed E-state index contributed by atoms with van der Waals surface area (Å²) in [6.07, 6.45) is 6.15. The molecular formula is C17H32N4. The van der Waals surface area contributed by atoms with Crippen LogP contribution < -0.4 is 5.32 Å². The van der Waals surface area contributed by atoms with Gasteiger partial charge in [0.2, 0.25) is 0 Å². The van der Waals surface area contributed by atoms with Gasteiger partial charge in [-0.05, 0) is 64.7 Å². The number of hydrogen-bond donors (Lipinski definition) is 1. The van der Waals surface area contributed by atoms with Gasteiger partial charge >= 0.3 is 0 Å². The molecule has 1 aliphatic heterocycles. The predicted octanol–water partition coefficient (Wildman–Crippen LogP) is 2.07. The van der Waals surface area contributed by atoms with Crippen LogP contribution in [0.5, 0.6) is 0 Å². The summed E-state index contributed by atoms with van der Waals surface area (Å²) in [7, 11) is 2.19. The van der Waals surface area contributed by atoms with E-state index >= 15 is 0 Å². The Bertz CT molecular complexity index is 360. The summed E-state index contributed by atoms with van der Waals surface area (Å²) >= 11 is 0. The highest BCUT2D eigenvalue weighted by atomic mass is 15.2. The maximum atomic E-state index is 9.77. The van der Waals surface area contributed by atoms with Crippen molar-refractivity contribution in [3.05, 3.63) is 0 Å². The van der Waals surface area contributed by atoms with Crippen molar-refractivity contribution in [1.82, 2.24) is 15.1 Å². The molecule has 0 radical (unpaired) electrons. The second-order valence-electron chi connectivity index (χ2n) is 6.91. The van der Waals surface area contributed by atoms with Crippen molar-refractivity contribution in [3.63, 3.8) is 0 Å². The zero-order valence-electron chi connectivity index (χ0n) is 14.1. The topological polar surface area (TPSA) is 42.3 Å². The Labute approximate surface area is 130 Å². The molecular weight excluding hydrogens is 260 g/mol. The Kier molecular flexibility index (Phi) is 6.04. The Morgan fingerprint density at radius 1 is 1.33 bits per heavy atom. The van der Waals surface area contributed by atoms with Gasteiger partial charge in [-0.1, -0.05) is 13.8 Å². The van der Waals surface area contributed by atoms with E-state index in [4.69, 9.17) is 0 Å². The van der Waals surface area contributed by atoms with Crippen LogP contribution in [0.2, 0.25) is 0 Å². The summed E-state index contributed by atoms with van der Waals surface area (Å²) < 4.78 is 0. The highest BCUT2D eigenvalue weighted by Gasteiger charge is 2.46. The van der Waals surface area contributed by atoms with Crippen LogP contribution in [0.25, 0.3) is 0 Å². The molecule has 0 amide bonds. The Morgan fingerprint density at radius 3 is 2.67 bits per heavy atom. The van der Waals surface area contributed by atoms with E-state index < -0.39 is 0 Å². The molecule has 2 rings (SSSR count). The van der Waals surface area contributed by atoms with Crippen molar-refractivity contribution < 1.29 is 0 Å². The Morgan fingerprint density at radius 2 is 2.10 bits per heavy atom. The first-order valence-electron chi connectivity index (χ1n) is 8.74. The van der Waals surface area contributed by atoms with Crippen LogP contribution in [0.3, 0.4) is 0 Å². The summed E-state index contributed by atoms with van der Waals surface area (Å²) in [5.41, 5.74) is -0.319. The molecule has 2 fully saturated rings. The maximum Gasteiger partial charge on any atom is 0.122 e. The van der Waals surface area contributed by atoms with Crippen molar-refractivity contribution in [2.45, 2.75) is 57.5 Å². The highest BCUT2D eigenvalue weighted by molar-refractivity contribution is 5.16. The van der Waals surface area contributed by atoms with Crippen molar-refractivity contribution in [1.29, 1.82) is 5.26 Å². The summed E-state index contributed by atoms with van der Waals surface area (Å²) in [6, 6.07) is 3.31. The molecule has 1 N–H and O–H groups in total. The first-order valence-corrected chi connectivity index (χ1v) is 8.74. The molecule has 0 aromatic heterocycles. The van der Waals surface area contributed by atoms with Crippen LogP contribution in [0, 0.1) is 17.2 Å². The normalized spacial score (nSPS) is 26.0. The molecule has 4 heteroatoms. The third kappa shape index (κ3) is 4.18. The van der Waals surface area contributed by atoms with E-state index in [0.717, 1.165) is 32.6 Å². The van der Waals surface area contributed by atoms with E-state index in [1.165, 1.54) is 32.2 Å². The number of hydrogen-bond acceptors (Lipinski definition) is 4. The molecule has 0 spiro atoms. The highest BCUT2D eigenvalue weighted by Crippen LogP contribution is 2.40. The number of nitriles is 1. The van der Waals surface area contributed by atoms with E-state index in [2.05, 4.69) is 42.1 Å². The zero-order valence-corrected chi connectivity index (χ0v) is 14.1. The third-order valence-electron chi connectivity index (χ3n) is 5.11. The lowest BCUT2D eigenvalue weighted by Crippen LogP contribution is -2.55. The average Bonchev–Trinajstić information content (AvgIpc) is 3.25. The average molecular weight is 292 g/mol. The van der Waals surface area contributed by atoms with Gasteiger partial charge in [0.15, 0.2) is 0 Å². The first-order chi connectivity index (χ1) is 10.1. The lowest BCUT2D eigenvalue weighted by molar-refractivity contribution is 0.167. The number of rotatable bonds is 9. The Balaban J connectivity index is 1.91. The molecule has 1 heterocycles. The number of likely N-dealkylation sites (N-methyl/N-ethyl adjacent to an activating group) is 2. The minimum atomic E-state index is -0.319. The maximum absolute atomic E-state index is 9.77. The van der Waals surface area contributed by atoms with Gasteiger partial charge in [0.1, 0.15) is 5.54 Å². The van der Waals surface area contributed by atoms with Gasteiger partial charge in [-0.25, -0.2) is 0 Å². The molecule has 120 valence electrons. The van der Waals surface area contributed by atoms with Gasteiger partial charge in [-0.2, -0.15) is 5.26 Å². The fourth-order valence-electron chi connectivity index (χ4n) is 3.79. The molecule has 0 aromatic rings. The summed E-state index contributed by atoms with van der Waals surface area (Å²) in [5, 5.41) is 13.3. The zero-order chi connectivity index (χ0) is 15.3. The molecule has 1 saturated heterocycles. The molecule has 2 atom stereocenters. The summed E-state index contributed by atoms with van der Waals surface area (Å²) in [4.78, 5) is 4.98. The fourth-order valence-corrected chi connectivity index (χ4v) is 3.79. The van der Waals surface area contributed by atoms with Gasteiger partial charge < -0.3 is 4.90 Å². The standard InChI is InChI=1S/C17H32N4/c1-4-10-19-17(13-18,15-8-9-15)14-20(3)12-16-7-6-11-21(16)5-2/h15-16,19H,4-12,14H2,1-3H3. The van der Waals surface area contributed by atoms with Gasteiger partial charge in [0.05, 0.1) is 6.07 Å².